The number of halogens is 1. The molecule has 2 amide bonds. The molecule has 1 aliphatic rings. The number of hydrogen-bond acceptors (Lipinski definition) is 5. The van der Waals surface area contributed by atoms with Crippen molar-refractivity contribution in [3.63, 3.8) is 0 Å². The number of ether oxygens (including phenoxy) is 1. The van der Waals surface area contributed by atoms with Crippen molar-refractivity contribution in [3.8, 4) is 0 Å². The average molecular weight is 375 g/mol. The maximum atomic E-state index is 12.2. The molecule has 0 aromatic carbocycles. The van der Waals surface area contributed by atoms with Crippen LogP contribution in [0.4, 0.5) is 4.79 Å². The second-order valence-electron chi connectivity index (χ2n) is 6.51. The van der Waals surface area contributed by atoms with Crippen molar-refractivity contribution in [3.05, 3.63) is 21.3 Å². The summed E-state index contributed by atoms with van der Waals surface area (Å²) < 4.78 is 5.73. The second-order valence-corrected chi connectivity index (χ2v) is 8.23. The van der Waals surface area contributed by atoms with Crippen LogP contribution in [0.3, 0.4) is 0 Å². The lowest BCUT2D eigenvalue weighted by molar-refractivity contribution is -0.141. The number of hydrogen-bond donors (Lipinski definition) is 2. The molecular formula is C15H19ClN2O5S. The zero-order valence-corrected chi connectivity index (χ0v) is 15.1. The number of aliphatic carboxylic acids is 1. The van der Waals surface area contributed by atoms with Gasteiger partial charge >= 0.3 is 12.1 Å². The molecule has 1 aliphatic heterocycles. The first-order valence-electron chi connectivity index (χ1n) is 7.34. The minimum absolute atomic E-state index is 0.0135. The maximum absolute atomic E-state index is 12.2. The first-order valence-corrected chi connectivity index (χ1v) is 8.53. The largest absolute Gasteiger partial charge is 0.481 e. The lowest BCUT2D eigenvalue weighted by Gasteiger charge is -2.24. The van der Waals surface area contributed by atoms with Crippen LogP contribution >= 0.6 is 22.9 Å². The van der Waals surface area contributed by atoms with Crippen molar-refractivity contribution in [1.82, 2.24) is 10.2 Å². The van der Waals surface area contributed by atoms with Crippen molar-refractivity contribution in [2.24, 2.45) is 5.92 Å². The van der Waals surface area contributed by atoms with Gasteiger partial charge in [-0.05, 0) is 32.9 Å². The van der Waals surface area contributed by atoms with Crippen molar-refractivity contribution < 1.29 is 24.2 Å². The fourth-order valence-corrected chi connectivity index (χ4v) is 3.30. The van der Waals surface area contributed by atoms with Crippen LogP contribution in [0, 0.1) is 5.92 Å². The molecule has 1 saturated heterocycles. The Morgan fingerprint density at radius 1 is 1.33 bits per heavy atom. The van der Waals surface area contributed by atoms with Gasteiger partial charge in [0.15, 0.2) is 0 Å². The molecule has 9 heteroatoms. The molecule has 1 aromatic rings. The summed E-state index contributed by atoms with van der Waals surface area (Å²) in [6.45, 7) is 5.26. The quantitative estimate of drug-likeness (QED) is 0.847. The number of carboxylic acids is 1. The topological polar surface area (TPSA) is 95.9 Å². The number of nitrogens with zero attached hydrogens (tertiary/aromatic N) is 1. The third-order valence-electron chi connectivity index (χ3n) is 3.40. The van der Waals surface area contributed by atoms with Gasteiger partial charge in [-0.3, -0.25) is 9.59 Å². The fraction of sp³-hybridized carbons (Fsp3) is 0.533. The van der Waals surface area contributed by atoms with Crippen molar-refractivity contribution >= 4 is 40.9 Å². The summed E-state index contributed by atoms with van der Waals surface area (Å²) in [4.78, 5) is 37.4. The Labute approximate surface area is 148 Å². The first-order chi connectivity index (χ1) is 11.1. The highest BCUT2D eigenvalue weighted by Crippen LogP contribution is 2.24. The van der Waals surface area contributed by atoms with Crippen LogP contribution in [0.25, 0.3) is 0 Å². The predicted octanol–water partition coefficient (Wildman–Crippen LogP) is 2.45. The average Bonchev–Trinajstić information content (AvgIpc) is 3.03. The first kappa shape index (κ1) is 18.5. The van der Waals surface area contributed by atoms with Gasteiger partial charge in [0.05, 0.1) is 21.2 Å². The van der Waals surface area contributed by atoms with E-state index >= 15 is 0 Å². The lowest BCUT2D eigenvalue weighted by Crippen LogP contribution is -2.43. The molecule has 0 bridgehead atoms. The fourth-order valence-electron chi connectivity index (χ4n) is 2.35. The van der Waals surface area contributed by atoms with Crippen molar-refractivity contribution in [2.45, 2.75) is 32.4 Å². The van der Waals surface area contributed by atoms with E-state index in [1.165, 1.54) is 4.90 Å². The monoisotopic (exact) mass is 374 g/mol. The van der Waals surface area contributed by atoms with Gasteiger partial charge < -0.3 is 20.1 Å². The number of rotatable bonds is 3. The number of carbonyl (C=O) groups is 3. The Bertz CT molecular complexity index is 655. The molecule has 24 heavy (non-hydrogen) atoms. The van der Waals surface area contributed by atoms with Gasteiger partial charge in [0.25, 0.3) is 5.91 Å². The molecule has 1 fully saturated rings. The van der Waals surface area contributed by atoms with E-state index in [0.29, 0.717) is 9.21 Å². The van der Waals surface area contributed by atoms with Gasteiger partial charge in [-0.25, -0.2) is 4.79 Å². The van der Waals surface area contributed by atoms with E-state index in [-0.39, 0.29) is 13.1 Å². The van der Waals surface area contributed by atoms with E-state index in [2.05, 4.69) is 5.32 Å². The second kappa shape index (κ2) is 6.98. The summed E-state index contributed by atoms with van der Waals surface area (Å²) in [5, 5.41) is 12.0. The molecule has 132 valence electrons. The van der Waals surface area contributed by atoms with Gasteiger partial charge in [0, 0.05) is 13.1 Å². The minimum Gasteiger partial charge on any atom is -0.481 e. The normalized spacial score (nSPS) is 20.8. The number of amides is 2. The van der Waals surface area contributed by atoms with E-state index in [0.717, 1.165) is 11.3 Å². The number of likely N-dealkylation sites (tertiary alicyclic amines) is 1. The van der Waals surface area contributed by atoms with E-state index in [1.807, 2.05) is 0 Å². The molecule has 2 N–H and O–H groups in total. The molecule has 0 saturated carbocycles. The van der Waals surface area contributed by atoms with E-state index in [4.69, 9.17) is 16.3 Å². The predicted molar refractivity (Wildman–Crippen MR) is 89.5 cm³/mol. The molecule has 1 aromatic heterocycles. The van der Waals surface area contributed by atoms with Crippen LogP contribution in [-0.4, -0.2) is 52.7 Å². The van der Waals surface area contributed by atoms with Crippen LogP contribution in [-0.2, 0) is 9.53 Å². The maximum Gasteiger partial charge on any atom is 0.410 e. The molecule has 0 aliphatic carbocycles. The molecule has 2 atom stereocenters. The molecule has 0 spiro atoms. The molecule has 0 radical (unpaired) electrons. The molecule has 0 unspecified atom stereocenters. The van der Waals surface area contributed by atoms with Gasteiger partial charge in [0.1, 0.15) is 5.60 Å². The summed E-state index contributed by atoms with van der Waals surface area (Å²) >= 11 is 6.91. The van der Waals surface area contributed by atoms with Gasteiger partial charge in [-0.2, -0.15) is 0 Å². The molecule has 2 rings (SSSR count). The smallest absolute Gasteiger partial charge is 0.410 e. The Morgan fingerprint density at radius 2 is 2.00 bits per heavy atom. The lowest BCUT2D eigenvalue weighted by atomic mass is 10.0. The molecular weight excluding hydrogens is 356 g/mol. The molecule has 2 heterocycles. The third-order valence-corrected chi connectivity index (χ3v) is 4.63. The van der Waals surface area contributed by atoms with Crippen molar-refractivity contribution in [2.75, 3.05) is 13.1 Å². The zero-order chi connectivity index (χ0) is 18.1. The summed E-state index contributed by atoms with van der Waals surface area (Å²) in [6.07, 6.45) is -0.593. The Balaban J connectivity index is 2.06. The zero-order valence-electron chi connectivity index (χ0n) is 13.5. The third kappa shape index (κ3) is 4.61. The standard InChI is InChI=1S/C15H19ClN2O5S/c1-15(2,3)23-14(22)18-6-8(13(20)21)9(7-18)17-12(19)10-4-5-11(16)24-10/h4-5,8-9H,6-7H2,1-3H3,(H,17,19)(H,20,21)/t8-,9-/m0/s1. The number of thiophene rings is 1. The Kier molecular flexibility index (Phi) is 5.39. The van der Waals surface area contributed by atoms with Crippen molar-refractivity contribution in [1.29, 1.82) is 0 Å². The van der Waals surface area contributed by atoms with Crippen LogP contribution in [0.15, 0.2) is 12.1 Å². The van der Waals surface area contributed by atoms with E-state index in [1.54, 1.807) is 32.9 Å². The van der Waals surface area contributed by atoms with Crippen LogP contribution in [0.1, 0.15) is 30.4 Å². The SMILES string of the molecule is CC(C)(C)OC(=O)N1C[C@H](NC(=O)c2ccc(Cl)s2)[C@@H](C(=O)O)C1. The van der Waals surface area contributed by atoms with Gasteiger partial charge in [-0.15, -0.1) is 11.3 Å². The summed E-state index contributed by atoms with van der Waals surface area (Å²) in [6, 6.07) is 2.47. The van der Waals surface area contributed by atoms with Crippen LogP contribution in [0.2, 0.25) is 4.34 Å². The van der Waals surface area contributed by atoms with Crippen LogP contribution in [0.5, 0.6) is 0 Å². The van der Waals surface area contributed by atoms with Gasteiger partial charge in [0.2, 0.25) is 0 Å². The highest BCUT2D eigenvalue weighted by molar-refractivity contribution is 7.18. The molecule has 7 nitrogen and oxygen atoms in total. The van der Waals surface area contributed by atoms with E-state index in [9.17, 15) is 19.5 Å². The minimum atomic E-state index is -1.07. The highest BCUT2D eigenvalue weighted by atomic mass is 35.5. The number of nitrogens with one attached hydrogen (secondary N) is 1. The summed E-state index contributed by atoms with van der Waals surface area (Å²) in [7, 11) is 0. The van der Waals surface area contributed by atoms with E-state index < -0.39 is 35.5 Å². The Hall–Kier alpha value is -1.80. The number of carboxylic acid groups (broad SMARTS) is 1. The summed E-state index contributed by atoms with van der Waals surface area (Å²) in [5.74, 6) is -2.37. The number of carbonyl (C=O) groups excluding carboxylic acids is 2. The van der Waals surface area contributed by atoms with Gasteiger partial charge in [-0.1, -0.05) is 11.6 Å². The van der Waals surface area contributed by atoms with Crippen LogP contribution < -0.4 is 5.32 Å². The highest BCUT2D eigenvalue weighted by Gasteiger charge is 2.42. The Morgan fingerprint density at radius 3 is 2.50 bits per heavy atom. The summed E-state index contributed by atoms with van der Waals surface area (Å²) in [5.41, 5.74) is -0.676.